The first-order valence-electron chi connectivity index (χ1n) is 6.17. The SMILES string of the molecule is CC1(C(=O)O)CCN(c2ncccc2C(N)=O)CC1. The summed E-state index contributed by atoms with van der Waals surface area (Å²) in [6, 6.07) is 3.30. The summed E-state index contributed by atoms with van der Waals surface area (Å²) >= 11 is 0. The van der Waals surface area contributed by atoms with Gasteiger partial charge in [-0.2, -0.15) is 0 Å². The van der Waals surface area contributed by atoms with Gasteiger partial charge in [0.1, 0.15) is 5.82 Å². The maximum Gasteiger partial charge on any atom is 0.309 e. The highest BCUT2D eigenvalue weighted by Gasteiger charge is 2.37. The van der Waals surface area contributed by atoms with E-state index in [1.54, 1.807) is 25.3 Å². The van der Waals surface area contributed by atoms with Crippen LogP contribution in [-0.4, -0.2) is 35.1 Å². The molecule has 1 aromatic rings. The number of primary amides is 1. The summed E-state index contributed by atoms with van der Waals surface area (Å²) in [5.74, 6) is -0.750. The van der Waals surface area contributed by atoms with Crippen molar-refractivity contribution in [2.24, 2.45) is 11.1 Å². The van der Waals surface area contributed by atoms with Gasteiger partial charge in [0, 0.05) is 19.3 Å². The second-order valence-corrected chi connectivity index (χ2v) is 5.09. The average molecular weight is 263 g/mol. The maximum absolute atomic E-state index is 11.4. The van der Waals surface area contributed by atoms with Gasteiger partial charge in [-0.25, -0.2) is 4.98 Å². The zero-order valence-corrected chi connectivity index (χ0v) is 10.8. The van der Waals surface area contributed by atoms with Crippen molar-refractivity contribution in [3.05, 3.63) is 23.9 Å². The van der Waals surface area contributed by atoms with E-state index >= 15 is 0 Å². The molecule has 2 heterocycles. The summed E-state index contributed by atoms with van der Waals surface area (Å²) in [6.45, 7) is 2.86. The van der Waals surface area contributed by atoms with Crippen LogP contribution >= 0.6 is 0 Å². The van der Waals surface area contributed by atoms with E-state index < -0.39 is 17.3 Å². The van der Waals surface area contributed by atoms with E-state index in [1.165, 1.54) is 0 Å². The first-order chi connectivity index (χ1) is 8.94. The van der Waals surface area contributed by atoms with Crippen LogP contribution in [0.15, 0.2) is 18.3 Å². The molecule has 1 aromatic heterocycles. The molecular weight excluding hydrogens is 246 g/mol. The van der Waals surface area contributed by atoms with Crippen LogP contribution in [-0.2, 0) is 4.79 Å². The third-order valence-electron chi connectivity index (χ3n) is 3.73. The minimum atomic E-state index is -0.775. The van der Waals surface area contributed by atoms with Crippen LogP contribution in [0.25, 0.3) is 0 Å². The Morgan fingerprint density at radius 3 is 2.58 bits per heavy atom. The number of anilines is 1. The number of nitrogens with two attached hydrogens (primary N) is 1. The molecule has 1 aliphatic heterocycles. The van der Waals surface area contributed by atoms with Crippen molar-refractivity contribution >= 4 is 17.7 Å². The van der Waals surface area contributed by atoms with Crippen LogP contribution in [0.1, 0.15) is 30.1 Å². The van der Waals surface area contributed by atoms with Crippen LogP contribution in [0, 0.1) is 5.41 Å². The lowest BCUT2D eigenvalue weighted by Gasteiger charge is -2.37. The lowest BCUT2D eigenvalue weighted by atomic mass is 9.80. The molecule has 1 aliphatic rings. The van der Waals surface area contributed by atoms with Crippen molar-refractivity contribution in [3.63, 3.8) is 0 Å². The number of carbonyl (C=O) groups excluding carboxylic acids is 1. The highest BCUT2D eigenvalue weighted by Crippen LogP contribution is 2.33. The normalized spacial score (nSPS) is 18.1. The van der Waals surface area contributed by atoms with E-state index in [0.717, 1.165) is 0 Å². The molecule has 6 heteroatoms. The molecule has 1 fully saturated rings. The molecule has 0 saturated carbocycles. The van der Waals surface area contributed by atoms with Gasteiger partial charge in [-0.3, -0.25) is 9.59 Å². The number of aromatic nitrogens is 1. The molecule has 0 unspecified atom stereocenters. The van der Waals surface area contributed by atoms with Crippen LogP contribution in [0.5, 0.6) is 0 Å². The van der Waals surface area contributed by atoms with Gasteiger partial charge >= 0.3 is 5.97 Å². The Hall–Kier alpha value is -2.11. The monoisotopic (exact) mass is 263 g/mol. The van der Waals surface area contributed by atoms with Gasteiger partial charge in [0.15, 0.2) is 0 Å². The van der Waals surface area contributed by atoms with Gasteiger partial charge in [-0.15, -0.1) is 0 Å². The Bertz CT molecular complexity index is 508. The lowest BCUT2D eigenvalue weighted by Crippen LogP contribution is -2.43. The van der Waals surface area contributed by atoms with E-state index in [-0.39, 0.29) is 0 Å². The molecule has 0 aromatic carbocycles. The van der Waals surface area contributed by atoms with Crippen molar-refractivity contribution in [3.8, 4) is 0 Å². The fourth-order valence-electron chi connectivity index (χ4n) is 2.27. The summed E-state index contributed by atoms with van der Waals surface area (Å²) in [7, 11) is 0. The smallest absolute Gasteiger partial charge is 0.309 e. The number of rotatable bonds is 3. The van der Waals surface area contributed by atoms with Gasteiger partial charge in [-0.05, 0) is 31.9 Å². The van der Waals surface area contributed by atoms with Gasteiger partial charge in [0.05, 0.1) is 11.0 Å². The lowest BCUT2D eigenvalue weighted by molar-refractivity contribution is -0.149. The first-order valence-corrected chi connectivity index (χ1v) is 6.17. The van der Waals surface area contributed by atoms with E-state index in [2.05, 4.69) is 4.98 Å². The molecule has 6 nitrogen and oxygen atoms in total. The zero-order chi connectivity index (χ0) is 14.0. The molecule has 1 amide bonds. The quantitative estimate of drug-likeness (QED) is 0.843. The van der Waals surface area contributed by atoms with Gasteiger partial charge in [0.25, 0.3) is 5.91 Å². The average Bonchev–Trinajstić information content (AvgIpc) is 2.39. The second kappa shape index (κ2) is 4.87. The number of carboxylic acids is 1. The molecule has 0 aliphatic carbocycles. The minimum Gasteiger partial charge on any atom is -0.481 e. The van der Waals surface area contributed by atoms with Crippen molar-refractivity contribution in [1.29, 1.82) is 0 Å². The highest BCUT2D eigenvalue weighted by molar-refractivity contribution is 5.97. The van der Waals surface area contributed by atoms with E-state index in [0.29, 0.717) is 37.3 Å². The standard InChI is InChI=1S/C13H17N3O3/c1-13(12(18)19)4-7-16(8-5-13)11-9(10(14)17)3-2-6-15-11/h2-3,6H,4-5,7-8H2,1H3,(H2,14,17)(H,18,19). The number of carbonyl (C=O) groups is 2. The predicted octanol–water partition coefficient (Wildman–Crippen LogP) is 0.872. The number of hydrogen-bond acceptors (Lipinski definition) is 4. The summed E-state index contributed by atoms with van der Waals surface area (Å²) in [4.78, 5) is 28.7. The Labute approximate surface area is 111 Å². The van der Waals surface area contributed by atoms with Crippen LogP contribution in [0.3, 0.4) is 0 Å². The fourth-order valence-corrected chi connectivity index (χ4v) is 2.27. The Morgan fingerprint density at radius 2 is 2.05 bits per heavy atom. The molecule has 2 rings (SSSR count). The van der Waals surface area contributed by atoms with E-state index in [1.807, 2.05) is 4.90 Å². The molecule has 102 valence electrons. The first kappa shape index (κ1) is 13.3. The number of pyridine rings is 1. The second-order valence-electron chi connectivity index (χ2n) is 5.09. The third kappa shape index (κ3) is 2.52. The van der Waals surface area contributed by atoms with Crippen LogP contribution in [0.4, 0.5) is 5.82 Å². The Balaban J connectivity index is 2.19. The number of amides is 1. The van der Waals surface area contributed by atoms with E-state index in [9.17, 15) is 14.7 Å². The van der Waals surface area contributed by atoms with Crippen molar-refractivity contribution in [1.82, 2.24) is 4.98 Å². The number of nitrogens with zero attached hydrogens (tertiary/aromatic N) is 2. The Kier molecular flexibility index (Phi) is 3.42. The molecule has 0 spiro atoms. The molecule has 1 saturated heterocycles. The van der Waals surface area contributed by atoms with Crippen LogP contribution < -0.4 is 10.6 Å². The van der Waals surface area contributed by atoms with E-state index in [4.69, 9.17) is 5.73 Å². The highest BCUT2D eigenvalue weighted by atomic mass is 16.4. The summed E-state index contributed by atoms with van der Waals surface area (Å²) in [6.07, 6.45) is 2.65. The molecule has 3 N–H and O–H groups in total. The van der Waals surface area contributed by atoms with Crippen molar-refractivity contribution in [2.75, 3.05) is 18.0 Å². The summed E-state index contributed by atoms with van der Waals surface area (Å²) in [5.41, 5.74) is 5.00. The molecule has 0 atom stereocenters. The maximum atomic E-state index is 11.4. The van der Waals surface area contributed by atoms with Crippen molar-refractivity contribution in [2.45, 2.75) is 19.8 Å². The predicted molar refractivity (Wildman–Crippen MR) is 69.9 cm³/mol. The number of carboxylic acid groups (broad SMARTS) is 1. The van der Waals surface area contributed by atoms with Gasteiger partial charge in [0.2, 0.25) is 0 Å². The van der Waals surface area contributed by atoms with Crippen molar-refractivity contribution < 1.29 is 14.7 Å². The largest absolute Gasteiger partial charge is 0.481 e. The Morgan fingerprint density at radius 1 is 1.42 bits per heavy atom. The number of aliphatic carboxylic acids is 1. The van der Waals surface area contributed by atoms with Gasteiger partial charge in [-0.1, -0.05) is 0 Å². The third-order valence-corrected chi connectivity index (χ3v) is 3.73. The number of piperidine rings is 1. The minimum absolute atomic E-state index is 0.376. The topological polar surface area (TPSA) is 96.5 Å². The zero-order valence-electron chi connectivity index (χ0n) is 10.8. The number of hydrogen-bond donors (Lipinski definition) is 2. The van der Waals surface area contributed by atoms with Crippen LogP contribution in [0.2, 0.25) is 0 Å². The summed E-state index contributed by atoms with van der Waals surface area (Å²) < 4.78 is 0. The van der Waals surface area contributed by atoms with Gasteiger partial charge < -0.3 is 15.7 Å². The molecule has 0 radical (unpaired) electrons. The molecule has 19 heavy (non-hydrogen) atoms. The summed E-state index contributed by atoms with van der Waals surface area (Å²) in [5, 5.41) is 9.19. The fraction of sp³-hybridized carbons (Fsp3) is 0.462. The molecule has 0 bridgehead atoms. The molecular formula is C13H17N3O3.